The minimum atomic E-state index is -2.97. The zero-order chi connectivity index (χ0) is 9.84. The average Bonchev–Trinajstić information content (AvgIpc) is 2.50. The van der Waals surface area contributed by atoms with Crippen molar-refractivity contribution < 1.29 is 23.8 Å². The van der Waals surface area contributed by atoms with Crippen LogP contribution in [0.4, 0.5) is 0 Å². The van der Waals surface area contributed by atoms with Crippen molar-refractivity contribution >= 4 is 14.0 Å². The van der Waals surface area contributed by atoms with Gasteiger partial charge in [0.2, 0.25) is 0 Å². The van der Waals surface area contributed by atoms with Crippen LogP contribution in [0.2, 0.25) is 0 Å². The molecule has 0 saturated carbocycles. The molecule has 5 nitrogen and oxygen atoms in total. The third-order valence-corrected chi connectivity index (χ3v) is 2.43. The molecule has 0 aliphatic heterocycles. The summed E-state index contributed by atoms with van der Waals surface area (Å²) in [7, 11) is -2.97. The maximum atomic E-state index is 10.5. The van der Waals surface area contributed by atoms with E-state index in [4.69, 9.17) is 9.52 Å². The quantitative estimate of drug-likeness (QED) is 0.712. The van der Waals surface area contributed by atoms with E-state index in [0.29, 0.717) is 5.76 Å². The van der Waals surface area contributed by atoms with E-state index in [2.05, 4.69) is 0 Å². The monoisotopic (exact) mass is 202 g/mol. The molecule has 0 amide bonds. The third kappa shape index (κ3) is 2.65. The van der Waals surface area contributed by atoms with Crippen molar-refractivity contribution in [2.24, 2.45) is 0 Å². The molecular formula is C7H7O5P. The molecule has 70 valence electrons. The van der Waals surface area contributed by atoms with Crippen molar-refractivity contribution in [2.75, 3.05) is 0 Å². The molecule has 0 aliphatic carbocycles. The van der Waals surface area contributed by atoms with Crippen molar-refractivity contribution in [1.29, 1.82) is 0 Å². The Morgan fingerprint density at radius 1 is 1.77 bits per heavy atom. The first kappa shape index (κ1) is 9.89. The molecule has 2 atom stereocenters. The van der Waals surface area contributed by atoms with Crippen LogP contribution < -0.4 is 4.89 Å². The van der Waals surface area contributed by atoms with Crippen molar-refractivity contribution in [2.45, 2.75) is 12.1 Å². The summed E-state index contributed by atoms with van der Waals surface area (Å²) in [6.07, 6.45) is 1.24. The molecule has 1 rings (SSSR count). The van der Waals surface area contributed by atoms with E-state index in [-0.39, 0.29) is 6.42 Å². The van der Waals surface area contributed by atoms with Gasteiger partial charge in [0.25, 0.3) is 5.66 Å². The van der Waals surface area contributed by atoms with Gasteiger partial charge in [-0.2, -0.15) is 0 Å². The number of furan rings is 1. The van der Waals surface area contributed by atoms with Gasteiger partial charge < -0.3 is 14.4 Å². The van der Waals surface area contributed by atoms with E-state index in [9.17, 15) is 14.3 Å². The average molecular weight is 202 g/mol. The van der Waals surface area contributed by atoms with E-state index >= 15 is 0 Å². The molecule has 0 saturated heterocycles. The molecule has 0 aliphatic rings. The highest BCUT2D eigenvalue weighted by molar-refractivity contribution is 7.38. The predicted molar refractivity (Wildman–Crippen MR) is 41.4 cm³/mol. The zero-order valence-corrected chi connectivity index (χ0v) is 7.44. The van der Waals surface area contributed by atoms with Crippen LogP contribution in [-0.4, -0.2) is 16.7 Å². The lowest BCUT2D eigenvalue weighted by Crippen LogP contribution is -2.22. The molecule has 0 bridgehead atoms. The van der Waals surface area contributed by atoms with E-state index in [0.717, 1.165) is 0 Å². The van der Waals surface area contributed by atoms with Gasteiger partial charge in [-0.05, 0) is 12.1 Å². The molecule has 0 radical (unpaired) electrons. The Balaban J connectivity index is 2.69. The van der Waals surface area contributed by atoms with E-state index < -0.39 is 19.7 Å². The van der Waals surface area contributed by atoms with Gasteiger partial charge in [-0.3, -0.25) is 0 Å². The van der Waals surface area contributed by atoms with Crippen molar-refractivity contribution in [3.63, 3.8) is 0 Å². The number of hydrogen-bond acceptors (Lipinski definition) is 4. The predicted octanol–water partition coefficient (Wildman–Crippen LogP) is 0.378. The van der Waals surface area contributed by atoms with Crippen molar-refractivity contribution in [3.8, 4) is 0 Å². The molecule has 0 fully saturated rings. The second-order valence-electron chi connectivity index (χ2n) is 2.42. The molecule has 1 aromatic heterocycles. The van der Waals surface area contributed by atoms with Gasteiger partial charge in [0.05, 0.1) is 12.7 Å². The highest BCUT2D eigenvalue weighted by atomic mass is 31.1. The third-order valence-electron chi connectivity index (χ3n) is 1.51. The molecule has 0 spiro atoms. The van der Waals surface area contributed by atoms with Gasteiger partial charge in [0.15, 0.2) is 0 Å². The SMILES string of the molecule is O=C(O)C(Cc1ccco1)[P+](=O)[O-]. The van der Waals surface area contributed by atoms with Gasteiger partial charge >= 0.3 is 14.0 Å². The number of carbonyl (C=O) groups is 1. The number of aliphatic carboxylic acids is 1. The molecule has 6 heteroatoms. The summed E-state index contributed by atoms with van der Waals surface area (Å²) in [6.45, 7) is 0. The minimum absolute atomic E-state index is 0.124. The first-order valence-electron chi connectivity index (χ1n) is 3.50. The van der Waals surface area contributed by atoms with Gasteiger partial charge in [0.1, 0.15) is 5.76 Å². The summed E-state index contributed by atoms with van der Waals surface area (Å²) < 4.78 is 15.3. The molecule has 1 N–H and O–H groups in total. The van der Waals surface area contributed by atoms with E-state index in [1.165, 1.54) is 12.3 Å². The summed E-state index contributed by atoms with van der Waals surface area (Å²) in [5.41, 5.74) is -1.40. The fourth-order valence-electron chi connectivity index (χ4n) is 0.871. The van der Waals surface area contributed by atoms with Crippen LogP contribution in [0.1, 0.15) is 5.76 Å². The molecule has 2 unspecified atom stereocenters. The summed E-state index contributed by atoms with van der Waals surface area (Å²) >= 11 is 0. The van der Waals surface area contributed by atoms with Gasteiger partial charge in [-0.1, -0.05) is 4.57 Å². The maximum absolute atomic E-state index is 10.5. The lowest BCUT2D eigenvalue weighted by Gasteiger charge is -2.00. The first-order valence-corrected chi connectivity index (χ1v) is 4.74. The van der Waals surface area contributed by atoms with Gasteiger partial charge in [-0.25, -0.2) is 4.79 Å². The lowest BCUT2D eigenvalue weighted by molar-refractivity contribution is -0.169. The van der Waals surface area contributed by atoms with Crippen LogP contribution in [0.25, 0.3) is 0 Å². The Morgan fingerprint density at radius 2 is 2.46 bits per heavy atom. The van der Waals surface area contributed by atoms with E-state index in [1.54, 1.807) is 6.07 Å². The number of hydrogen-bond donors (Lipinski definition) is 1. The topological polar surface area (TPSA) is 90.6 Å². The molecular weight excluding hydrogens is 195 g/mol. The normalized spacial score (nSPS) is 13.8. The summed E-state index contributed by atoms with van der Waals surface area (Å²) in [6, 6.07) is 3.11. The number of carboxylic acid groups (broad SMARTS) is 1. The highest BCUT2D eigenvalue weighted by Gasteiger charge is 2.31. The fourth-order valence-corrected chi connectivity index (χ4v) is 1.38. The Labute approximate surface area is 74.9 Å². The highest BCUT2D eigenvalue weighted by Crippen LogP contribution is 2.22. The Hall–Kier alpha value is -1.19. The van der Waals surface area contributed by atoms with Crippen molar-refractivity contribution in [1.82, 2.24) is 0 Å². The molecule has 0 aromatic carbocycles. The molecule has 13 heavy (non-hydrogen) atoms. The summed E-state index contributed by atoms with van der Waals surface area (Å²) in [5, 5.41) is 8.52. The van der Waals surface area contributed by atoms with Crippen LogP contribution >= 0.6 is 8.03 Å². The largest absolute Gasteiger partial charge is 0.595 e. The van der Waals surface area contributed by atoms with Crippen LogP contribution in [0, 0.1) is 0 Å². The smallest absolute Gasteiger partial charge is 0.356 e. The lowest BCUT2D eigenvalue weighted by atomic mass is 10.2. The summed E-state index contributed by atoms with van der Waals surface area (Å²) in [4.78, 5) is 20.9. The molecule has 1 aromatic rings. The van der Waals surface area contributed by atoms with Crippen LogP contribution in [0.5, 0.6) is 0 Å². The Kier molecular flexibility index (Phi) is 3.17. The summed E-state index contributed by atoms with van der Waals surface area (Å²) in [5.74, 6) is -1.00. The second-order valence-corrected chi connectivity index (χ2v) is 3.62. The first-order chi connectivity index (χ1) is 6.11. The maximum Gasteiger partial charge on any atom is 0.356 e. The number of carboxylic acids is 1. The van der Waals surface area contributed by atoms with Crippen LogP contribution in [0.3, 0.4) is 0 Å². The minimum Gasteiger partial charge on any atom is -0.595 e. The van der Waals surface area contributed by atoms with Gasteiger partial charge in [0, 0.05) is 0 Å². The Morgan fingerprint density at radius 3 is 2.85 bits per heavy atom. The standard InChI is InChI=1S/C7H7O5P/c8-7(9)6(13(10)11)4-5-2-1-3-12-5/h1-3,6H,4H2,(H,8,9). The second kappa shape index (κ2) is 4.16. The Bertz CT molecular complexity index is 291. The fraction of sp³-hybridized carbons (Fsp3) is 0.286. The number of rotatable bonds is 4. The zero-order valence-electron chi connectivity index (χ0n) is 6.54. The van der Waals surface area contributed by atoms with Crippen molar-refractivity contribution in [3.05, 3.63) is 24.2 Å². The van der Waals surface area contributed by atoms with Gasteiger partial charge in [-0.15, -0.1) is 0 Å². The van der Waals surface area contributed by atoms with Crippen LogP contribution in [-0.2, 0) is 15.8 Å². The van der Waals surface area contributed by atoms with Crippen LogP contribution in [0.15, 0.2) is 22.8 Å². The van der Waals surface area contributed by atoms with E-state index in [1.807, 2.05) is 0 Å². The molecule has 1 heterocycles.